The molecule has 158 valence electrons. The third kappa shape index (κ3) is 3.84. The Balaban J connectivity index is 1.77. The van der Waals surface area contributed by atoms with Gasteiger partial charge in [-0.3, -0.25) is 9.52 Å². The molecule has 11 heteroatoms. The molecule has 0 amide bonds. The number of aromatic amines is 1. The molecular formula is C19H19F2N5O3S. The third-order valence-electron chi connectivity index (χ3n) is 4.93. The van der Waals surface area contributed by atoms with Crippen molar-refractivity contribution >= 4 is 38.3 Å². The van der Waals surface area contributed by atoms with E-state index in [2.05, 4.69) is 20.3 Å². The molecule has 1 aliphatic carbocycles. The van der Waals surface area contributed by atoms with Crippen LogP contribution in [0.25, 0.3) is 11.0 Å². The molecule has 1 aliphatic rings. The first-order chi connectivity index (χ1) is 14.3. The second-order valence-corrected chi connectivity index (χ2v) is 9.10. The van der Waals surface area contributed by atoms with Crippen molar-refractivity contribution in [3.63, 3.8) is 0 Å². The summed E-state index contributed by atoms with van der Waals surface area (Å²) in [5, 5.41) is 3.48. The lowest BCUT2D eigenvalue weighted by Gasteiger charge is -2.11. The highest BCUT2D eigenvalue weighted by Crippen LogP contribution is 2.32. The van der Waals surface area contributed by atoms with Crippen LogP contribution in [0, 0.1) is 17.6 Å². The van der Waals surface area contributed by atoms with Crippen molar-refractivity contribution in [3.8, 4) is 0 Å². The van der Waals surface area contributed by atoms with Crippen molar-refractivity contribution in [1.82, 2.24) is 15.0 Å². The van der Waals surface area contributed by atoms with Gasteiger partial charge in [0.2, 0.25) is 15.8 Å². The number of carbonyl (C=O) groups excluding carboxylic acids is 1. The quantitative estimate of drug-likeness (QED) is 0.468. The maximum Gasteiger partial charge on any atom is 0.232 e. The SMILES string of the molecule is CCS(=O)(=O)Nc1ccc(F)c(C(=O)c2c[nH]c3ncnc(NCC4CC4)c23)c1F. The van der Waals surface area contributed by atoms with Crippen LogP contribution in [0.2, 0.25) is 0 Å². The fourth-order valence-electron chi connectivity index (χ4n) is 3.05. The number of rotatable bonds is 8. The van der Waals surface area contributed by atoms with E-state index in [0.29, 0.717) is 29.3 Å². The summed E-state index contributed by atoms with van der Waals surface area (Å²) < 4.78 is 55.0. The van der Waals surface area contributed by atoms with E-state index in [0.717, 1.165) is 25.0 Å². The molecule has 0 bridgehead atoms. The minimum absolute atomic E-state index is 0.0165. The molecule has 3 aromatic rings. The first-order valence-electron chi connectivity index (χ1n) is 9.40. The van der Waals surface area contributed by atoms with Gasteiger partial charge < -0.3 is 10.3 Å². The molecule has 4 rings (SSSR count). The number of sulfonamides is 1. The van der Waals surface area contributed by atoms with Crippen molar-refractivity contribution in [3.05, 3.63) is 47.4 Å². The van der Waals surface area contributed by atoms with Crippen LogP contribution in [0.5, 0.6) is 0 Å². The molecule has 0 aliphatic heterocycles. The lowest BCUT2D eigenvalue weighted by atomic mass is 10.0. The molecular weight excluding hydrogens is 416 g/mol. The third-order valence-corrected chi connectivity index (χ3v) is 6.22. The molecule has 0 atom stereocenters. The lowest BCUT2D eigenvalue weighted by Crippen LogP contribution is -2.17. The van der Waals surface area contributed by atoms with Crippen LogP contribution in [-0.4, -0.2) is 41.5 Å². The van der Waals surface area contributed by atoms with E-state index in [1.807, 2.05) is 4.72 Å². The van der Waals surface area contributed by atoms with Crippen LogP contribution in [0.15, 0.2) is 24.7 Å². The second-order valence-electron chi connectivity index (χ2n) is 7.09. The summed E-state index contributed by atoms with van der Waals surface area (Å²) in [5.41, 5.74) is -1.03. The highest BCUT2D eigenvalue weighted by Gasteiger charge is 2.27. The van der Waals surface area contributed by atoms with E-state index in [-0.39, 0.29) is 11.3 Å². The largest absolute Gasteiger partial charge is 0.369 e. The molecule has 2 aromatic heterocycles. The molecule has 2 heterocycles. The number of halogens is 2. The first kappa shape index (κ1) is 20.2. The summed E-state index contributed by atoms with van der Waals surface area (Å²) >= 11 is 0. The number of fused-ring (bicyclic) bond motifs is 1. The standard InChI is InChI=1S/C19H19F2N5O3S/c1-2-30(28,29)26-13-6-5-12(20)15(16(13)21)17(27)11-8-23-19-14(11)18(24-9-25-19)22-7-10-3-4-10/h5-6,8-10,26H,2-4,7H2,1H3,(H2,22,23,24,25). The van der Waals surface area contributed by atoms with Crippen LogP contribution in [-0.2, 0) is 10.0 Å². The molecule has 1 fully saturated rings. The van der Waals surface area contributed by atoms with Crippen molar-refractivity contribution in [2.75, 3.05) is 22.3 Å². The Bertz CT molecular complexity index is 1240. The Morgan fingerprint density at radius 2 is 2.03 bits per heavy atom. The number of hydrogen-bond donors (Lipinski definition) is 3. The summed E-state index contributed by atoms with van der Waals surface area (Å²) in [6.45, 7) is 2.04. The maximum atomic E-state index is 15.0. The van der Waals surface area contributed by atoms with Gasteiger partial charge in [0.1, 0.15) is 23.6 Å². The highest BCUT2D eigenvalue weighted by atomic mass is 32.2. The van der Waals surface area contributed by atoms with E-state index < -0.39 is 38.7 Å². The predicted octanol–water partition coefficient (Wildman–Crippen LogP) is 3.05. The highest BCUT2D eigenvalue weighted by molar-refractivity contribution is 7.92. The summed E-state index contributed by atoms with van der Waals surface area (Å²) in [5.74, 6) is -2.71. The molecule has 30 heavy (non-hydrogen) atoms. The zero-order valence-electron chi connectivity index (χ0n) is 16.0. The Morgan fingerprint density at radius 3 is 2.73 bits per heavy atom. The number of anilines is 2. The Hall–Kier alpha value is -3.08. The predicted molar refractivity (Wildman–Crippen MR) is 108 cm³/mol. The average molecular weight is 435 g/mol. The zero-order chi connectivity index (χ0) is 21.5. The van der Waals surface area contributed by atoms with E-state index in [4.69, 9.17) is 0 Å². The zero-order valence-corrected chi connectivity index (χ0v) is 16.8. The fourth-order valence-corrected chi connectivity index (χ4v) is 3.69. The van der Waals surface area contributed by atoms with Crippen LogP contribution < -0.4 is 10.0 Å². The van der Waals surface area contributed by atoms with E-state index in [1.54, 1.807) is 0 Å². The Labute approximate surface area is 171 Å². The minimum Gasteiger partial charge on any atom is -0.369 e. The molecule has 8 nitrogen and oxygen atoms in total. The molecule has 3 N–H and O–H groups in total. The summed E-state index contributed by atoms with van der Waals surface area (Å²) in [6, 6.07) is 1.79. The lowest BCUT2D eigenvalue weighted by molar-refractivity contribution is 0.103. The van der Waals surface area contributed by atoms with E-state index >= 15 is 0 Å². The number of nitrogens with one attached hydrogen (secondary N) is 3. The number of ketones is 1. The van der Waals surface area contributed by atoms with Crippen LogP contribution in [0.4, 0.5) is 20.3 Å². The normalized spacial score (nSPS) is 14.1. The number of H-pyrrole nitrogens is 1. The average Bonchev–Trinajstić information content (AvgIpc) is 3.45. The van der Waals surface area contributed by atoms with Crippen LogP contribution in [0.1, 0.15) is 35.7 Å². The summed E-state index contributed by atoms with van der Waals surface area (Å²) in [6.07, 6.45) is 4.85. The van der Waals surface area contributed by atoms with Gasteiger partial charge in [0, 0.05) is 12.7 Å². The fraction of sp³-hybridized carbons (Fsp3) is 0.316. The van der Waals surface area contributed by atoms with Gasteiger partial charge in [-0.05, 0) is 37.8 Å². The number of nitrogens with zero attached hydrogens (tertiary/aromatic N) is 2. The molecule has 0 spiro atoms. The van der Waals surface area contributed by atoms with Gasteiger partial charge in [-0.1, -0.05) is 0 Å². The number of hydrogen-bond acceptors (Lipinski definition) is 6. The maximum absolute atomic E-state index is 15.0. The van der Waals surface area contributed by atoms with E-state index in [1.165, 1.54) is 19.4 Å². The van der Waals surface area contributed by atoms with Crippen molar-refractivity contribution in [2.45, 2.75) is 19.8 Å². The molecule has 0 unspecified atom stereocenters. The van der Waals surface area contributed by atoms with E-state index in [9.17, 15) is 22.0 Å². The Morgan fingerprint density at radius 1 is 1.27 bits per heavy atom. The van der Waals surface area contributed by atoms with Gasteiger partial charge in [-0.15, -0.1) is 0 Å². The summed E-state index contributed by atoms with van der Waals surface area (Å²) in [7, 11) is -3.82. The number of benzene rings is 1. The van der Waals surface area contributed by atoms with Gasteiger partial charge in [-0.2, -0.15) is 0 Å². The van der Waals surface area contributed by atoms with Crippen molar-refractivity contribution < 1.29 is 22.0 Å². The van der Waals surface area contributed by atoms with Crippen LogP contribution >= 0.6 is 0 Å². The van der Waals surface area contributed by atoms with Crippen molar-refractivity contribution in [1.29, 1.82) is 0 Å². The van der Waals surface area contributed by atoms with Gasteiger partial charge >= 0.3 is 0 Å². The number of carbonyl (C=O) groups is 1. The topological polar surface area (TPSA) is 117 Å². The van der Waals surface area contributed by atoms with Gasteiger partial charge in [-0.25, -0.2) is 27.2 Å². The molecule has 0 saturated heterocycles. The van der Waals surface area contributed by atoms with Gasteiger partial charge in [0.05, 0.1) is 28.0 Å². The van der Waals surface area contributed by atoms with Crippen molar-refractivity contribution in [2.24, 2.45) is 5.92 Å². The van der Waals surface area contributed by atoms with Gasteiger partial charge in [0.15, 0.2) is 5.82 Å². The second kappa shape index (κ2) is 7.63. The van der Waals surface area contributed by atoms with Gasteiger partial charge in [0.25, 0.3) is 0 Å². The number of aromatic nitrogens is 3. The molecule has 0 radical (unpaired) electrons. The Kier molecular flexibility index (Phi) is 5.14. The monoisotopic (exact) mass is 435 g/mol. The molecule has 1 saturated carbocycles. The first-order valence-corrected chi connectivity index (χ1v) is 11.0. The van der Waals surface area contributed by atoms with Crippen LogP contribution in [0.3, 0.4) is 0 Å². The summed E-state index contributed by atoms with van der Waals surface area (Å²) in [4.78, 5) is 24.1. The minimum atomic E-state index is -3.82. The molecule has 1 aromatic carbocycles. The smallest absolute Gasteiger partial charge is 0.232 e.